The number of aliphatic hydroxyl groups excluding tert-OH is 1. The second-order valence-corrected chi connectivity index (χ2v) is 10.3. The summed E-state index contributed by atoms with van der Waals surface area (Å²) in [6, 6.07) is 8.08. The highest BCUT2D eigenvalue weighted by atomic mass is 35.5. The first-order chi connectivity index (χ1) is 13.6. The highest BCUT2D eigenvalue weighted by Crippen LogP contribution is 2.57. The van der Waals surface area contributed by atoms with E-state index in [1.807, 2.05) is 18.2 Å². The molecule has 154 valence electrons. The van der Waals surface area contributed by atoms with Gasteiger partial charge in [0.15, 0.2) is 0 Å². The molecule has 1 aliphatic heterocycles. The first kappa shape index (κ1) is 19.2. The van der Waals surface area contributed by atoms with Crippen LogP contribution in [-0.2, 0) is 4.74 Å². The number of aliphatic hydroxyl groups is 1. The van der Waals surface area contributed by atoms with E-state index in [2.05, 4.69) is 15.9 Å². The number of hydrogen-bond acceptors (Lipinski definition) is 4. The first-order valence-electron chi connectivity index (χ1n) is 11.1. The summed E-state index contributed by atoms with van der Waals surface area (Å²) < 4.78 is 6.45. The molecule has 0 unspecified atom stereocenters. The largest absolute Gasteiger partial charge is 0.389 e. The molecular formula is C23H33ClN2O2. The van der Waals surface area contributed by atoms with Gasteiger partial charge in [-0.3, -0.25) is 4.90 Å². The summed E-state index contributed by atoms with van der Waals surface area (Å²) in [5.74, 6) is 2.67. The molecule has 1 heterocycles. The van der Waals surface area contributed by atoms with E-state index in [4.69, 9.17) is 16.3 Å². The van der Waals surface area contributed by atoms with Crippen molar-refractivity contribution in [2.45, 2.75) is 50.2 Å². The van der Waals surface area contributed by atoms with E-state index in [0.29, 0.717) is 6.61 Å². The van der Waals surface area contributed by atoms with Crippen LogP contribution >= 0.6 is 11.6 Å². The number of hydrogen-bond donors (Lipinski definition) is 1. The molecule has 0 amide bonds. The van der Waals surface area contributed by atoms with Gasteiger partial charge in [-0.25, -0.2) is 0 Å². The highest BCUT2D eigenvalue weighted by molar-refractivity contribution is 6.30. The van der Waals surface area contributed by atoms with Crippen molar-refractivity contribution in [1.82, 2.24) is 4.90 Å². The average molecular weight is 405 g/mol. The maximum Gasteiger partial charge on any atom is 0.0900 e. The van der Waals surface area contributed by atoms with Crippen molar-refractivity contribution in [3.63, 3.8) is 0 Å². The molecule has 5 heteroatoms. The highest BCUT2D eigenvalue weighted by Gasteiger charge is 2.51. The normalized spacial score (nSPS) is 36.1. The number of benzene rings is 1. The number of rotatable bonds is 6. The quantitative estimate of drug-likeness (QED) is 0.782. The molecule has 0 spiro atoms. The fraction of sp³-hybridized carbons (Fsp3) is 0.739. The minimum atomic E-state index is -0.384. The molecule has 28 heavy (non-hydrogen) atoms. The second-order valence-electron chi connectivity index (χ2n) is 9.83. The Morgan fingerprint density at radius 1 is 1.04 bits per heavy atom. The SMILES string of the molecule is O[C@@H](COC12CC3CC(CC(C3)C1)C2)CN1CCN(c2cccc(Cl)c2)CC1. The molecular weight excluding hydrogens is 372 g/mol. The van der Waals surface area contributed by atoms with Crippen LogP contribution in [0.15, 0.2) is 24.3 Å². The number of piperazine rings is 1. The molecule has 1 N–H and O–H groups in total. The molecule has 1 saturated heterocycles. The third-order valence-corrected chi connectivity index (χ3v) is 7.81. The average Bonchev–Trinajstić information content (AvgIpc) is 2.66. The molecule has 4 nitrogen and oxygen atoms in total. The van der Waals surface area contributed by atoms with Gasteiger partial charge < -0.3 is 14.7 Å². The Morgan fingerprint density at radius 3 is 2.29 bits per heavy atom. The molecule has 1 atom stereocenters. The van der Waals surface area contributed by atoms with E-state index in [1.165, 1.54) is 44.2 Å². The van der Waals surface area contributed by atoms with Crippen LogP contribution in [0.25, 0.3) is 0 Å². The summed E-state index contributed by atoms with van der Waals surface area (Å²) in [5, 5.41) is 11.4. The molecule has 0 aromatic heterocycles. The lowest BCUT2D eigenvalue weighted by Gasteiger charge is -2.56. The van der Waals surface area contributed by atoms with Crippen molar-refractivity contribution in [2.24, 2.45) is 17.8 Å². The van der Waals surface area contributed by atoms with Gasteiger partial charge in [0.2, 0.25) is 0 Å². The third kappa shape index (κ3) is 4.07. The Labute approximate surface area is 173 Å². The van der Waals surface area contributed by atoms with Crippen molar-refractivity contribution in [3.8, 4) is 0 Å². The molecule has 1 aromatic carbocycles. The van der Waals surface area contributed by atoms with E-state index < -0.39 is 0 Å². The van der Waals surface area contributed by atoms with Gasteiger partial charge in [0.25, 0.3) is 0 Å². The maximum absolute atomic E-state index is 10.6. The van der Waals surface area contributed by atoms with Crippen molar-refractivity contribution in [3.05, 3.63) is 29.3 Å². The van der Waals surface area contributed by atoms with Crippen LogP contribution in [0.3, 0.4) is 0 Å². The van der Waals surface area contributed by atoms with Gasteiger partial charge in [0, 0.05) is 43.4 Å². The first-order valence-corrected chi connectivity index (χ1v) is 11.5. The fourth-order valence-corrected chi connectivity index (χ4v) is 6.88. The van der Waals surface area contributed by atoms with Crippen LogP contribution in [-0.4, -0.2) is 61.0 Å². The Hall–Kier alpha value is -0.810. The number of β-amino-alcohol motifs (C(OH)–C–C–N with tert-alkyl or cyclic N) is 1. The molecule has 4 aliphatic carbocycles. The summed E-state index contributed by atoms with van der Waals surface area (Å²) in [6.45, 7) is 5.12. The van der Waals surface area contributed by atoms with E-state index in [1.54, 1.807) is 0 Å². The number of ether oxygens (including phenoxy) is 1. The van der Waals surface area contributed by atoms with Gasteiger partial charge in [0.05, 0.1) is 18.3 Å². The van der Waals surface area contributed by atoms with Crippen LogP contribution in [0.1, 0.15) is 38.5 Å². The molecule has 0 radical (unpaired) electrons. The Bertz CT molecular complexity index is 654. The zero-order valence-corrected chi connectivity index (χ0v) is 17.5. The second kappa shape index (κ2) is 7.79. The zero-order chi connectivity index (χ0) is 19.1. The van der Waals surface area contributed by atoms with Crippen LogP contribution in [0.2, 0.25) is 5.02 Å². The monoisotopic (exact) mass is 404 g/mol. The lowest BCUT2D eigenvalue weighted by atomic mass is 9.54. The molecule has 4 saturated carbocycles. The Balaban J connectivity index is 1.08. The smallest absolute Gasteiger partial charge is 0.0900 e. The predicted molar refractivity (Wildman–Crippen MR) is 113 cm³/mol. The lowest BCUT2D eigenvalue weighted by Crippen LogP contribution is -2.53. The van der Waals surface area contributed by atoms with Gasteiger partial charge in [-0.15, -0.1) is 0 Å². The summed E-state index contributed by atoms with van der Waals surface area (Å²) in [7, 11) is 0. The summed E-state index contributed by atoms with van der Waals surface area (Å²) in [4.78, 5) is 4.75. The van der Waals surface area contributed by atoms with E-state index in [9.17, 15) is 5.11 Å². The van der Waals surface area contributed by atoms with Gasteiger partial charge in [-0.1, -0.05) is 17.7 Å². The number of nitrogens with zero attached hydrogens (tertiary/aromatic N) is 2. The molecule has 1 aromatic rings. The summed E-state index contributed by atoms with van der Waals surface area (Å²) in [5.41, 5.74) is 1.29. The number of anilines is 1. The van der Waals surface area contributed by atoms with Crippen molar-refractivity contribution in [2.75, 3.05) is 44.2 Å². The van der Waals surface area contributed by atoms with Gasteiger partial charge in [-0.2, -0.15) is 0 Å². The van der Waals surface area contributed by atoms with Crippen LogP contribution in [0.5, 0.6) is 0 Å². The minimum absolute atomic E-state index is 0.0982. The summed E-state index contributed by atoms with van der Waals surface area (Å²) in [6.07, 6.45) is 7.63. The van der Waals surface area contributed by atoms with Crippen molar-refractivity contribution in [1.29, 1.82) is 0 Å². The van der Waals surface area contributed by atoms with E-state index in [0.717, 1.165) is 55.5 Å². The molecule has 4 bridgehead atoms. The topological polar surface area (TPSA) is 35.9 Å². The standard InChI is InChI=1S/C23H33ClN2O2/c24-20-2-1-3-21(11-20)26-6-4-25(5-7-26)15-22(27)16-28-23-12-17-8-18(13-23)10-19(9-17)14-23/h1-3,11,17-19,22,27H,4-10,12-16H2/t17?,18?,19?,22-,23?/m1/s1. The Morgan fingerprint density at radius 2 is 1.68 bits per heavy atom. The molecule has 5 fully saturated rings. The van der Waals surface area contributed by atoms with Crippen molar-refractivity contribution >= 4 is 17.3 Å². The fourth-order valence-electron chi connectivity index (χ4n) is 6.69. The third-order valence-electron chi connectivity index (χ3n) is 7.58. The van der Waals surface area contributed by atoms with Gasteiger partial charge in [0.1, 0.15) is 0 Å². The predicted octanol–water partition coefficient (Wildman–Crippen LogP) is 3.81. The number of halogens is 1. The van der Waals surface area contributed by atoms with Crippen LogP contribution in [0, 0.1) is 17.8 Å². The van der Waals surface area contributed by atoms with Gasteiger partial charge >= 0.3 is 0 Å². The van der Waals surface area contributed by atoms with Crippen molar-refractivity contribution < 1.29 is 9.84 Å². The molecule has 5 aliphatic rings. The van der Waals surface area contributed by atoms with Gasteiger partial charge in [-0.05, 0) is 74.5 Å². The van der Waals surface area contributed by atoms with Crippen LogP contribution in [0.4, 0.5) is 5.69 Å². The van der Waals surface area contributed by atoms with E-state index in [-0.39, 0.29) is 11.7 Å². The lowest BCUT2D eigenvalue weighted by molar-refractivity contribution is -0.176. The Kier molecular flexibility index (Phi) is 5.33. The summed E-state index contributed by atoms with van der Waals surface area (Å²) >= 11 is 6.12. The minimum Gasteiger partial charge on any atom is -0.389 e. The maximum atomic E-state index is 10.6. The van der Waals surface area contributed by atoms with E-state index >= 15 is 0 Å². The zero-order valence-electron chi connectivity index (χ0n) is 16.7. The molecule has 6 rings (SSSR count). The van der Waals surface area contributed by atoms with Crippen LogP contribution < -0.4 is 4.90 Å².